The molecule has 0 saturated carbocycles. The van der Waals surface area contributed by atoms with Crippen LogP contribution in [0.2, 0.25) is 0 Å². The lowest BCUT2D eigenvalue weighted by Crippen LogP contribution is -2.54. The van der Waals surface area contributed by atoms with Gasteiger partial charge in [-0.3, -0.25) is 9.69 Å². The predicted molar refractivity (Wildman–Crippen MR) is 122 cm³/mol. The van der Waals surface area contributed by atoms with Gasteiger partial charge in [0.25, 0.3) is 10.7 Å². The molecular weight excluding hydrogens is 444 g/mol. The molecule has 2 aromatic carbocycles. The summed E-state index contributed by atoms with van der Waals surface area (Å²) in [5.74, 6) is 2.45. The Labute approximate surface area is 196 Å². The van der Waals surface area contributed by atoms with Crippen LogP contribution in [0, 0.1) is 4.84 Å². The second kappa shape index (κ2) is 9.24. The molecule has 1 saturated heterocycles. The first-order chi connectivity index (χ1) is 16.1. The maximum absolute atomic E-state index is 12.9. The van der Waals surface area contributed by atoms with Crippen molar-refractivity contribution in [3.63, 3.8) is 0 Å². The largest absolute Gasteiger partial charge is 0.497 e. The highest BCUT2D eigenvalue weighted by atomic mass is 32.1. The highest BCUT2D eigenvalue weighted by molar-refractivity contribution is 7.71. The highest BCUT2D eigenvalue weighted by Crippen LogP contribution is 2.31. The molecule has 2 aliphatic heterocycles. The van der Waals surface area contributed by atoms with Crippen LogP contribution >= 0.6 is 12.2 Å². The summed E-state index contributed by atoms with van der Waals surface area (Å²) in [7, 11) is 1.62. The average molecular weight is 469 g/mol. The second-order valence-electron chi connectivity index (χ2n) is 7.85. The molecule has 0 spiro atoms. The quantitative estimate of drug-likeness (QED) is 0.529. The molecular formula is C23H24N4O5S. The van der Waals surface area contributed by atoms with Crippen LogP contribution in [-0.4, -0.2) is 71.5 Å². The van der Waals surface area contributed by atoms with E-state index in [-0.39, 0.29) is 12.5 Å². The first-order valence-corrected chi connectivity index (χ1v) is 11.1. The predicted octanol–water partition coefficient (Wildman–Crippen LogP) is 2.82. The Morgan fingerprint density at radius 3 is 2.55 bits per heavy atom. The van der Waals surface area contributed by atoms with Gasteiger partial charge in [-0.1, -0.05) is 12.1 Å². The third-order valence-corrected chi connectivity index (χ3v) is 6.04. The zero-order valence-corrected chi connectivity index (χ0v) is 19.0. The number of fused-ring (bicyclic) bond motifs is 1. The molecule has 1 aromatic heterocycles. The number of hydrogen-bond donors (Lipinski definition) is 0. The third kappa shape index (κ3) is 4.57. The molecule has 172 valence electrons. The molecule has 9 nitrogen and oxygen atoms in total. The lowest BCUT2D eigenvalue weighted by Gasteiger charge is -2.36. The molecule has 0 bridgehead atoms. The number of carbonyl (C=O) groups excluding carboxylic acids is 1. The smallest absolute Gasteiger partial charge is 0.288 e. The van der Waals surface area contributed by atoms with Gasteiger partial charge in [-0.15, -0.1) is 5.10 Å². The van der Waals surface area contributed by atoms with Crippen LogP contribution in [0.25, 0.3) is 11.5 Å². The molecule has 5 rings (SSSR count). The maximum Gasteiger partial charge on any atom is 0.288 e. The number of para-hydroxylation sites is 2. The van der Waals surface area contributed by atoms with Crippen LogP contribution in [0.15, 0.2) is 52.9 Å². The summed E-state index contributed by atoms with van der Waals surface area (Å²) in [5, 5.41) is 4.52. The molecule has 3 heterocycles. The van der Waals surface area contributed by atoms with Crippen LogP contribution in [0.3, 0.4) is 0 Å². The summed E-state index contributed by atoms with van der Waals surface area (Å²) in [6.45, 7) is 3.30. The van der Waals surface area contributed by atoms with E-state index in [1.807, 2.05) is 53.4 Å². The lowest BCUT2D eigenvalue weighted by molar-refractivity contribution is -0.143. The van der Waals surface area contributed by atoms with Gasteiger partial charge in [0, 0.05) is 31.7 Å². The molecule has 1 fully saturated rings. The number of methoxy groups -OCH3 is 1. The van der Waals surface area contributed by atoms with E-state index in [9.17, 15) is 4.79 Å². The number of carbonyl (C=O) groups is 1. The topological polar surface area (TPSA) is 82.2 Å². The molecule has 0 unspecified atom stereocenters. The van der Waals surface area contributed by atoms with Crippen molar-refractivity contribution in [2.45, 2.75) is 12.8 Å². The van der Waals surface area contributed by atoms with E-state index in [0.717, 1.165) is 11.3 Å². The minimum absolute atomic E-state index is 0.0519. The second-order valence-corrected chi connectivity index (χ2v) is 8.20. The van der Waals surface area contributed by atoms with E-state index in [2.05, 4.69) is 10.00 Å². The summed E-state index contributed by atoms with van der Waals surface area (Å²) in [5.41, 5.74) is 0.826. The molecule has 0 aliphatic carbocycles. The minimum Gasteiger partial charge on any atom is -0.497 e. The summed E-state index contributed by atoms with van der Waals surface area (Å²) in [6, 6.07) is 14.9. The van der Waals surface area contributed by atoms with Crippen molar-refractivity contribution in [2.24, 2.45) is 0 Å². The van der Waals surface area contributed by atoms with Crippen molar-refractivity contribution in [3.8, 4) is 28.7 Å². The van der Waals surface area contributed by atoms with Crippen LogP contribution < -0.4 is 14.2 Å². The van der Waals surface area contributed by atoms with Crippen LogP contribution in [0.1, 0.15) is 0 Å². The van der Waals surface area contributed by atoms with Gasteiger partial charge < -0.3 is 23.5 Å². The number of benzene rings is 2. The number of nitrogens with zero attached hydrogens (tertiary/aromatic N) is 4. The number of ether oxygens (including phenoxy) is 3. The van der Waals surface area contributed by atoms with E-state index in [1.165, 1.54) is 0 Å². The third-order valence-electron chi connectivity index (χ3n) is 5.75. The fourth-order valence-corrected chi connectivity index (χ4v) is 4.07. The first kappa shape index (κ1) is 21.5. The standard InChI is InChI=1S/C23H24N4O5S/c1-29-17-8-6-16(7-9-17)21-24-27(23(33)32-21)15-25-10-12-26(13-11-25)22(28)20-14-30-18-4-2-3-5-19(18)31-20/h2-9,20H,10-15H2,1H3/t20-/m0/s1. The van der Waals surface area contributed by atoms with Gasteiger partial charge in [0.1, 0.15) is 12.4 Å². The van der Waals surface area contributed by atoms with Crippen molar-refractivity contribution < 1.29 is 23.4 Å². The van der Waals surface area contributed by atoms with Crippen molar-refractivity contribution in [1.82, 2.24) is 19.6 Å². The van der Waals surface area contributed by atoms with Crippen LogP contribution in [-0.2, 0) is 11.5 Å². The molecule has 2 aliphatic rings. The zero-order chi connectivity index (χ0) is 22.8. The van der Waals surface area contributed by atoms with Gasteiger partial charge in [0.2, 0.25) is 12.0 Å². The lowest BCUT2D eigenvalue weighted by atomic mass is 10.2. The van der Waals surface area contributed by atoms with Crippen LogP contribution in [0.5, 0.6) is 17.2 Å². The van der Waals surface area contributed by atoms with E-state index < -0.39 is 6.10 Å². The van der Waals surface area contributed by atoms with E-state index in [1.54, 1.807) is 11.8 Å². The monoisotopic (exact) mass is 468 g/mol. The number of piperazine rings is 1. The van der Waals surface area contributed by atoms with Gasteiger partial charge in [0.15, 0.2) is 11.5 Å². The number of rotatable bonds is 5. The van der Waals surface area contributed by atoms with Crippen molar-refractivity contribution >= 4 is 18.1 Å². The molecule has 0 radical (unpaired) electrons. The fraction of sp³-hybridized carbons (Fsp3) is 0.348. The van der Waals surface area contributed by atoms with Crippen molar-refractivity contribution in [2.75, 3.05) is 39.9 Å². The molecule has 1 atom stereocenters. The molecule has 1 amide bonds. The Bertz CT molecular complexity index is 1180. The van der Waals surface area contributed by atoms with Crippen molar-refractivity contribution in [1.29, 1.82) is 0 Å². The molecule has 3 aromatic rings. The van der Waals surface area contributed by atoms with Gasteiger partial charge in [0.05, 0.1) is 13.8 Å². The summed E-state index contributed by atoms with van der Waals surface area (Å²) in [6.07, 6.45) is -0.623. The van der Waals surface area contributed by atoms with Gasteiger partial charge in [-0.25, -0.2) is 4.68 Å². The summed E-state index contributed by atoms with van der Waals surface area (Å²) >= 11 is 5.36. The number of amides is 1. The molecule has 33 heavy (non-hydrogen) atoms. The zero-order valence-electron chi connectivity index (χ0n) is 18.2. The van der Waals surface area contributed by atoms with E-state index in [4.69, 9.17) is 30.8 Å². The van der Waals surface area contributed by atoms with E-state index in [0.29, 0.717) is 55.1 Å². The Kier molecular flexibility index (Phi) is 6.01. The van der Waals surface area contributed by atoms with Gasteiger partial charge in [-0.2, -0.15) is 0 Å². The van der Waals surface area contributed by atoms with Crippen LogP contribution in [0.4, 0.5) is 0 Å². The normalized spacial score (nSPS) is 18.2. The molecule has 10 heteroatoms. The van der Waals surface area contributed by atoms with E-state index >= 15 is 0 Å². The van der Waals surface area contributed by atoms with Gasteiger partial charge in [-0.05, 0) is 48.6 Å². The Balaban J connectivity index is 1.17. The Morgan fingerprint density at radius 2 is 1.82 bits per heavy atom. The Hall–Kier alpha value is -3.37. The van der Waals surface area contributed by atoms with Crippen molar-refractivity contribution in [3.05, 3.63) is 53.4 Å². The summed E-state index contributed by atoms with van der Waals surface area (Å²) in [4.78, 5) is 17.3. The average Bonchev–Trinajstić information content (AvgIpc) is 3.23. The number of aromatic nitrogens is 2. The number of hydrogen-bond acceptors (Lipinski definition) is 8. The molecule has 0 N–H and O–H groups in total. The Morgan fingerprint density at radius 1 is 1.09 bits per heavy atom. The fourth-order valence-electron chi connectivity index (χ4n) is 3.89. The maximum atomic E-state index is 12.9. The first-order valence-electron chi connectivity index (χ1n) is 10.7. The SMILES string of the molecule is COc1ccc(-c2nn(CN3CCN(C(=O)[C@@H]4COc5ccccc5O4)CC3)c(=S)o2)cc1. The summed E-state index contributed by atoms with van der Waals surface area (Å²) < 4.78 is 24.1. The van der Waals surface area contributed by atoms with Gasteiger partial charge >= 0.3 is 0 Å². The minimum atomic E-state index is -0.623. The highest BCUT2D eigenvalue weighted by Gasteiger charge is 2.32.